The molecule has 0 amide bonds. The maximum Gasteiger partial charge on any atom is 0.123 e. The molecule has 20 heavy (non-hydrogen) atoms. The highest BCUT2D eigenvalue weighted by atomic mass is 19.1. The highest BCUT2D eigenvalue weighted by Crippen LogP contribution is 2.20. The fourth-order valence-electron chi connectivity index (χ4n) is 2.24. The van der Waals surface area contributed by atoms with E-state index in [9.17, 15) is 4.39 Å². The Hall–Kier alpha value is -1.71. The summed E-state index contributed by atoms with van der Waals surface area (Å²) in [4.78, 5) is 0. The third-order valence-corrected chi connectivity index (χ3v) is 3.56. The predicted octanol–water partition coefficient (Wildman–Crippen LogP) is 3.70. The lowest BCUT2D eigenvalue weighted by atomic mass is 9.96. The molecule has 2 nitrogen and oxygen atoms in total. The maximum absolute atomic E-state index is 12.9. The minimum absolute atomic E-state index is 0.0134. The van der Waals surface area contributed by atoms with Crippen molar-refractivity contribution in [2.24, 2.45) is 5.84 Å². The first-order chi connectivity index (χ1) is 9.60. The zero-order chi connectivity index (χ0) is 14.5. The van der Waals surface area contributed by atoms with E-state index in [-0.39, 0.29) is 11.9 Å². The Labute approximate surface area is 119 Å². The van der Waals surface area contributed by atoms with E-state index in [1.165, 1.54) is 23.3 Å². The number of nitrogens with one attached hydrogen (secondary N) is 1. The second-order valence-electron chi connectivity index (χ2n) is 5.37. The monoisotopic (exact) mass is 272 g/mol. The van der Waals surface area contributed by atoms with Crippen LogP contribution in [0, 0.1) is 5.82 Å². The largest absolute Gasteiger partial charge is 0.271 e. The number of hydrogen-bond donors (Lipinski definition) is 2. The summed E-state index contributed by atoms with van der Waals surface area (Å²) in [6.07, 6.45) is 0.778. The lowest BCUT2D eigenvalue weighted by Crippen LogP contribution is -2.29. The molecule has 106 valence electrons. The first-order valence-corrected chi connectivity index (χ1v) is 6.90. The molecule has 3 heteroatoms. The van der Waals surface area contributed by atoms with Crippen LogP contribution in [0.15, 0.2) is 48.5 Å². The van der Waals surface area contributed by atoms with E-state index in [1.807, 2.05) is 0 Å². The van der Waals surface area contributed by atoms with Gasteiger partial charge in [0, 0.05) is 6.04 Å². The quantitative estimate of drug-likeness (QED) is 0.643. The smallest absolute Gasteiger partial charge is 0.123 e. The Morgan fingerprint density at radius 1 is 0.950 bits per heavy atom. The van der Waals surface area contributed by atoms with E-state index in [2.05, 4.69) is 43.5 Å². The van der Waals surface area contributed by atoms with Crippen LogP contribution in [-0.4, -0.2) is 0 Å². The topological polar surface area (TPSA) is 38.0 Å². The molecule has 2 aromatic rings. The third-order valence-electron chi connectivity index (χ3n) is 3.56. The van der Waals surface area contributed by atoms with Gasteiger partial charge in [0.15, 0.2) is 0 Å². The van der Waals surface area contributed by atoms with Gasteiger partial charge in [-0.25, -0.2) is 4.39 Å². The number of hydrogen-bond acceptors (Lipinski definition) is 2. The van der Waals surface area contributed by atoms with Gasteiger partial charge in [-0.2, -0.15) is 0 Å². The molecule has 3 N–H and O–H groups in total. The molecule has 0 aromatic heterocycles. The number of halogens is 1. The van der Waals surface area contributed by atoms with E-state index < -0.39 is 0 Å². The molecule has 0 aliphatic heterocycles. The Morgan fingerprint density at radius 3 is 2.00 bits per heavy atom. The lowest BCUT2D eigenvalue weighted by molar-refractivity contribution is 0.549. The van der Waals surface area contributed by atoms with Gasteiger partial charge in [0.2, 0.25) is 0 Å². The van der Waals surface area contributed by atoms with Crippen LogP contribution in [0.25, 0.3) is 0 Å². The van der Waals surface area contributed by atoms with Crippen LogP contribution in [0.4, 0.5) is 4.39 Å². The van der Waals surface area contributed by atoms with Crippen molar-refractivity contribution in [2.45, 2.75) is 32.2 Å². The van der Waals surface area contributed by atoms with Crippen molar-refractivity contribution in [2.75, 3.05) is 0 Å². The van der Waals surface area contributed by atoms with Crippen LogP contribution >= 0.6 is 0 Å². The van der Waals surface area contributed by atoms with Crippen LogP contribution < -0.4 is 11.3 Å². The van der Waals surface area contributed by atoms with Crippen LogP contribution in [0.3, 0.4) is 0 Å². The van der Waals surface area contributed by atoms with Crippen LogP contribution in [0.5, 0.6) is 0 Å². The maximum atomic E-state index is 12.9. The van der Waals surface area contributed by atoms with Crippen molar-refractivity contribution in [3.63, 3.8) is 0 Å². The molecule has 0 bridgehead atoms. The molecule has 0 saturated carbocycles. The number of nitrogens with two attached hydrogens (primary N) is 1. The molecule has 0 saturated heterocycles. The van der Waals surface area contributed by atoms with E-state index in [0.717, 1.165) is 12.0 Å². The van der Waals surface area contributed by atoms with Gasteiger partial charge in [-0.15, -0.1) is 0 Å². The minimum atomic E-state index is -0.231. The highest BCUT2D eigenvalue weighted by molar-refractivity contribution is 5.28. The van der Waals surface area contributed by atoms with E-state index >= 15 is 0 Å². The number of rotatable bonds is 5. The van der Waals surface area contributed by atoms with E-state index in [1.54, 1.807) is 12.1 Å². The van der Waals surface area contributed by atoms with Gasteiger partial charge in [-0.1, -0.05) is 50.2 Å². The summed E-state index contributed by atoms with van der Waals surface area (Å²) in [5.41, 5.74) is 6.33. The van der Waals surface area contributed by atoms with Gasteiger partial charge in [0.25, 0.3) is 0 Å². The van der Waals surface area contributed by atoms with Gasteiger partial charge in [-0.3, -0.25) is 11.3 Å². The summed E-state index contributed by atoms with van der Waals surface area (Å²) in [5.74, 6) is 5.93. The summed E-state index contributed by atoms with van der Waals surface area (Å²) < 4.78 is 12.9. The van der Waals surface area contributed by atoms with Crippen molar-refractivity contribution < 1.29 is 4.39 Å². The second-order valence-corrected chi connectivity index (χ2v) is 5.37. The molecule has 1 atom stereocenters. The van der Waals surface area contributed by atoms with Gasteiger partial charge >= 0.3 is 0 Å². The average molecular weight is 272 g/mol. The van der Waals surface area contributed by atoms with E-state index in [0.29, 0.717) is 5.92 Å². The molecule has 0 spiro atoms. The summed E-state index contributed by atoms with van der Waals surface area (Å²) in [7, 11) is 0. The van der Waals surface area contributed by atoms with Gasteiger partial charge < -0.3 is 0 Å². The molecule has 2 aromatic carbocycles. The molecule has 0 fully saturated rings. The number of hydrazine groups is 1. The van der Waals surface area contributed by atoms with Crippen molar-refractivity contribution >= 4 is 0 Å². The Morgan fingerprint density at radius 2 is 1.50 bits per heavy atom. The first-order valence-electron chi connectivity index (χ1n) is 6.90. The van der Waals surface area contributed by atoms with Gasteiger partial charge in [-0.05, 0) is 41.2 Å². The zero-order valence-electron chi connectivity index (χ0n) is 11.9. The molecule has 1 unspecified atom stereocenters. The van der Waals surface area contributed by atoms with Gasteiger partial charge in [0.1, 0.15) is 5.82 Å². The molecule has 0 heterocycles. The SMILES string of the molecule is CC(C)c1ccc(CC(NN)c2ccc(F)cc2)cc1. The Kier molecular flexibility index (Phi) is 4.88. The normalized spacial score (nSPS) is 12.7. The summed E-state index contributed by atoms with van der Waals surface area (Å²) in [6, 6.07) is 15.0. The van der Waals surface area contributed by atoms with Crippen molar-refractivity contribution in [1.29, 1.82) is 0 Å². The first kappa shape index (κ1) is 14.7. The van der Waals surface area contributed by atoms with E-state index in [4.69, 9.17) is 5.84 Å². The van der Waals surface area contributed by atoms with Crippen molar-refractivity contribution in [1.82, 2.24) is 5.43 Å². The summed E-state index contributed by atoms with van der Waals surface area (Å²) in [6.45, 7) is 4.36. The van der Waals surface area contributed by atoms with Crippen molar-refractivity contribution in [3.8, 4) is 0 Å². The predicted molar refractivity (Wildman–Crippen MR) is 80.7 cm³/mol. The Bertz CT molecular complexity index is 532. The lowest BCUT2D eigenvalue weighted by Gasteiger charge is -2.17. The second kappa shape index (κ2) is 6.64. The standard InChI is InChI=1S/C17H21FN2/c1-12(2)14-5-3-13(4-6-14)11-17(20-19)15-7-9-16(18)10-8-15/h3-10,12,17,20H,11,19H2,1-2H3. The van der Waals surface area contributed by atoms with Gasteiger partial charge in [0.05, 0.1) is 0 Å². The minimum Gasteiger partial charge on any atom is -0.271 e. The average Bonchev–Trinajstić information content (AvgIpc) is 2.46. The number of benzene rings is 2. The summed E-state index contributed by atoms with van der Waals surface area (Å²) >= 11 is 0. The summed E-state index contributed by atoms with van der Waals surface area (Å²) in [5, 5.41) is 0. The van der Waals surface area contributed by atoms with Crippen LogP contribution in [-0.2, 0) is 6.42 Å². The molecular formula is C17H21FN2. The molecule has 0 aliphatic rings. The molecule has 0 aliphatic carbocycles. The fraction of sp³-hybridized carbons (Fsp3) is 0.294. The third kappa shape index (κ3) is 3.65. The van der Waals surface area contributed by atoms with Crippen LogP contribution in [0.2, 0.25) is 0 Å². The zero-order valence-corrected chi connectivity index (χ0v) is 11.9. The van der Waals surface area contributed by atoms with Crippen molar-refractivity contribution in [3.05, 3.63) is 71.0 Å². The van der Waals surface area contributed by atoms with Crippen LogP contribution in [0.1, 0.15) is 42.5 Å². The fourth-order valence-corrected chi connectivity index (χ4v) is 2.24. The highest BCUT2D eigenvalue weighted by Gasteiger charge is 2.11. The molecule has 0 radical (unpaired) electrons. The molecular weight excluding hydrogens is 251 g/mol. The Balaban J connectivity index is 2.11. The molecule has 2 rings (SSSR count).